The molecule has 4 amide bonds. The van der Waals surface area contributed by atoms with Crippen molar-refractivity contribution in [3.63, 3.8) is 0 Å². The number of halogens is 1. The molecule has 1 aliphatic heterocycles. The maximum absolute atomic E-state index is 12.8. The molecular formula is C19H18ClN3O3. The molecule has 134 valence electrons. The molecule has 0 saturated carbocycles. The van der Waals surface area contributed by atoms with E-state index >= 15 is 0 Å². The molecule has 0 aromatic heterocycles. The number of imide groups is 1. The van der Waals surface area contributed by atoms with Crippen molar-refractivity contribution in [2.45, 2.75) is 19.4 Å². The fraction of sp³-hybridized carbons (Fsp3) is 0.211. The Morgan fingerprint density at radius 1 is 1.19 bits per heavy atom. The number of nitrogens with zero attached hydrogens (tertiary/aromatic N) is 1. The predicted molar refractivity (Wildman–Crippen MR) is 98.9 cm³/mol. The van der Waals surface area contributed by atoms with E-state index in [0.29, 0.717) is 16.3 Å². The van der Waals surface area contributed by atoms with Gasteiger partial charge in [-0.1, -0.05) is 48.0 Å². The SMILES string of the molecule is Cc1ccc(NC(=O)CN2C(=O)N[C@@](C)(c3ccccc3)C2=O)cc1Cl. The van der Waals surface area contributed by atoms with Crippen LogP contribution in [-0.2, 0) is 15.1 Å². The van der Waals surface area contributed by atoms with Gasteiger partial charge in [-0.25, -0.2) is 4.79 Å². The maximum Gasteiger partial charge on any atom is 0.325 e. The van der Waals surface area contributed by atoms with Crippen LogP contribution in [0.15, 0.2) is 48.5 Å². The first-order valence-corrected chi connectivity index (χ1v) is 8.45. The summed E-state index contributed by atoms with van der Waals surface area (Å²) in [4.78, 5) is 38.2. The number of carbonyl (C=O) groups excluding carboxylic acids is 3. The average molecular weight is 372 g/mol. The minimum Gasteiger partial charge on any atom is -0.324 e. The second kappa shape index (κ2) is 6.80. The fourth-order valence-electron chi connectivity index (χ4n) is 2.82. The largest absolute Gasteiger partial charge is 0.325 e. The summed E-state index contributed by atoms with van der Waals surface area (Å²) in [5, 5.41) is 5.84. The molecule has 0 radical (unpaired) electrons. The molecule has 0 aliphatic carbocycles. The van der Waals surface area contributed by atoms with E-state index in [1.54, 1.807) is 49.4 Å². The maximum atomic E-state index is 12.8. The Kier molecular flexibility index (Phi) is 4.70. The third-order valence-electron chi connectivity index (χ3n) is 4.38. The molecule has 0 bridgehead atoms. The van der Waals surface area contributed by atoms with Gasteiger partial charge in [0.2, 0.25) is 5.91 Å². The summed E-state index contributed by atoms with van der Waals surface area (Å²) in [6.07, 6.45) is 0. The third-order valence-corrected chi connectivity index (χ3v) is 4.79. The quantitative estimate of drug-likeness (QED) is 0.811. The van der Waals surface area contributed by atoms with E-state index in [9.17, 15) is 14.4 Å². The summed E-state index contributed by atoms with van der Waals surface area (Å²) in [5.74, 6) is -0.948. The van der Waals surface area contributed by atoms with E-state index in [1.165, 1.54) is 0 Å². The standard InChI is InChI=1S/C19H18ClN3O3/c1-12-8-9-14(10-15(12)20)21-16(24)11-23-17(25)19(2,22-18(23)26)13-6-4-3-5-7-13/h3-10H,11H2,1-2H3,(H,21,24)(H,22,26)/t19-/m0/s1. The third kappa shape index (κ3) is 3.28. The molecule has 7 heteroatoms. The Morgan fingerprint density at radius 2 is 1.88 bits per heavy atom. The van der Waals surface area contributed by atoms with Crippen LogP contribution >= 0.6 is 11.6 Å². The van der Waals surface area contributed by atoms with Gasteiger partial charge in [-0.15, -0.1) is 0 Å². The Hall–Kier alpha value is -2.86. The normalized spacial score (nSPS) is 19.4. The number of aryl methyl sites for hydroxylation is 1. The van der Waals surface area contributed by atoms with Gasteiger partial charge in [0.1, 0.15) is 12.1 Å². The number of urea groups is 1. The van der Waals surface area contributed by atoms with Crippen molar-refractivity contribution in [2.75, 3.05) is 11.9 Å². The van der Waals surface area contributed by atoms with Crippen molar-refractivity contribution in [1.29, 1.82) is 0 Å². The van der Waals surface area contributed by atoms with Crippen LogP contribution in [0.4, 0.5) is 10.5 Å². The van der Waals surface area contributed by atoms with Crippen LogP contribution in [0.25, 0.3) is 0 Å². The molecule has 2 aromatic carbocycles. The van der Waals surface area contributed by atoms with E-state index in [-0.39, 0.29) is 6.54 Å². The van der Waals surface area contributed by atoms with Crippen molar-refractivity contribution in [3.8, 4) is 0 Å². The first kappa shape index (κ1) is 17.9. The van der Waals surface area contributed by atoms with Gasteiger partial charge in [0.05, 0.1) is 0 Å². The predicted octanol–water partition coefficient (Wildman–Crippen LogP) is 3.05. The topological polar surface area (TPSA) is 78.5 Å². The highest BCUT2D eigenvalue weighted by atomic mass is 35.5. The lowest BCUT2D eigenvalue weighted by atomic mass is 9.92. The van der Waals surface area contributed by atoms with Crippen molar-refractivity contribution in [2.24, 2.45) is 0 Å². The molecular weight excluding hydrogens is 354 g/mol. The molecule has 1 saturated heterocycles. The van der Waals surface area contributed by atoms with Crippen LogP contribution in [0.1, 0.15) is 18.1 Å². The number of benzene rings is 2. The van der Waals surface area contributed by atoms with Gasteiger partial charge in [0.15, 0.2) is 0 Å². The first-order chi connectivity index (χ1) is 12.3. The van der Waals surface area contributed by atoms with Gasteiger partial charge < -0.3 is 10.6 Å². The smallest absolute Gasteiger partial charge is 0.324 e. The molecule has 0 unspecified atom stereocenters. The molecule has 1 atom stereocenters. The highest BCUT2D eigenvalue weighted by molar-refractivity contribution is 6.31. The Labute approximate surface area is 156 Å². The van der Waals surface area contributed by atoms with Crippen molar-refractivity contribution < 1.29 is 14.4 Å². The van der Waals surface area contributed by atoms with Gasteiger partial charge in [0.25, 0.3) is 5.91 Å². The summed E-state index contributed by atoms with van der Waals surface area (Å²) < 4.78 is 0. The summed E-state index contributed by atoms with van der Waals surface area (Å²) in [6.45, 7) is 3.10. The fourth-order valence-corrected chi connectivity index (χ4v) is 3.00. The molecule has 1 heterocycles. The van der Waals surface area contributed by atoms with Crippen LogP contribution in [-0.4, -0.2) is 29.3 Å². The summed E-state index contributed by atoms with van der Waals surface area (Å²) in [7, 11) is 0. The highest BCUT2D eigenvalue weighted by Gasteiger charge is 2.49. The van der Waals surface area contributed by atoms with Crippen LogP contribution in [0.3, 0.4) is 0 Å². The zero-order valence-corrected chi connectivity index (χ0v) is 15.1. The lowest BCUT2D eigenvalue weighted by molar-refractivity contribution is -0.133. The molecule has 2 N–H and O–H groups in total. The van der Waals surface area contributed by atoms with Gasteiger partial charge in [0, 0.05) is 10.7 Å². The van der Waals surface area contributed by atoms with Gasteiger partial charge in [-0.05, 0) is 37.1 Å². The number of hydrogen-bond donors (Lipinski definition) is 2. The van der Waals surface area contributed by atoms with E-state index < -0.39 is 23.4 Å². The highest BCUT2D eigenvalue weighted by Crippen LogP contribution is 2.28. The van der Waals surface area contributed by atoms with Crippen LogP contribution in [0, 0.1) is 6.92 Å². The zero-order chi connectivity index (χ0) is 18.9. The lowest BCUT2D eigenvalue weighted by Crippen LogP contribution is -2.42. The number of nitrogens with one attached hydrogen (secondary N) is 2. The van der Waals surface area contributed by atoms with E-state index in [0.717, 1.165) is 10.5 Å². The molecule has 1 fully saturated rings. The minimum atomic E-state index is -1.19. The first-order valence-electron chi connectivity index (χ1n) is 8.07. The Bertz CT molecular complexity index is 885. The van der Waals surface area contributed by atoms with E-state index in [1.807, 2.05) is 13.0 Å². The second-order valence-electron chi connectivity index (χ2n) is 6.32. The van der Waals surface area contributed by atoms with E-state index in [4.69, 9.17) is 11.6 Å². The monoisotopic (exact) mass is 371 g/mol. The number of carbonyl (C=O) groups is 3. The lowest BCUT2D eigenvalue weighted by Gasteiger charge is -2.22. The van der Waals surface area contributed by atoms with Gasteiger partial charge >= 0.3 is 6.03 Å². The molecule has 3 rings (SSSR count). The average Bonchev–Trinajstić information content (AvgIpc) is 2.83. The van der Waals surface area contributed by atoms with Crippen molar-refractivity contribution >= 4 is 35.1 Å². The number of rotatable bonds is 4. The summed E-state index contributed by atoms with van der Waals surface area (Å²) >= 11 is 6.04. The molecule has 0 spiro atoms. The summed E-state index contributed by atoms with van der Waals surface area (Å²) in [5.41, 5.74) is 0.860. The van der Waals surface area contributed by atoms with E-state index in [2.05, 4.69) is 10.6 Å². The number of amides is 4. The van der Waals surface area contributed by atoms with Crippen LogP contribution < -0.4 is 10.6 Å². The van der Waals surface area contributed by atoms with Gasteiger partial charge in [-0.2, -0.15) is 0 Å². The number of hydrogen-bond acceptors (Lipinski definition) is 3. The van der Waals surface area contributed by atoms with Gasteiger partial charge in [-0.3, -0.25) is 14.5 Å². The van der Waals surface area contributed by atoms with Crippen molar-refractivity contribution in [1.82, 2.24) is 10.2 Å². The molecule has 1 aliphatic rings. The number of anilines is 1. The zero-order valence-electron chi connectivity index (χ0n) is 14.4. The molecule has 2 aromatic rings. The summed E-state index contributed by atoms with van der Waals surface area (Å²) in [6, 6.07) is 13.4. The van der Waals surface area contributed by atoms with Crippen molar-refractivity contribution in [3.05, 3.63) is 64.7 Å². The molecule has 26 heavy (non-hydrogen) atoms. The Morgan fingerprint density at radius 3 is 2.54 bits per heavy atom. The van der Waals surface area contributed by atoms with Crippen LogP contribution in [0.2, 0.25) is 5.02 Å². The minimum absolute atomic E-state index is 0.376. The second-order valence-corrected chi connectivity index (χ2v) is 6.73. The molecule has 6 nitrogen and oxygen atoms in total. The van der Waals surface area contributed by atoms with Crippen LogP contribution in [0.5, 0.6) is 0 Å². The Balaban J connectivity index is 1.73.